The monoisotopic (exact) mass is 274 g/mol. The molecule has 0 saturated carbocycles. The Morgan fingerprint density at radius 3 is 2.60 bits per heavy atom. The number of hydrogen-bond acceptors (Lipinski definition) is 3. The van der Waals surface area contributed by atoms with Gasteiger partial charge in [0.25, 0.3) is 0 Å². The van der Waals surface area contributed by atoms with Crippen molar-refractivity contribution in [3.8, 4) is 0 Å². The SMILES string of the molecule is CC(C)c1ccc(C(=O)CN2CCNC(=O)CC2)cc1. The normalized spacial score (nSPS) is 16.9. The van der Waals surface area contributed by atoms with Gasteiger partial charge in [-0.2, -0.15) is 0 Å². The van der Waals surface area contributed by atoms with E-state index in [2.05, 4.69) is 19.2 Å². The van der Waals surface area contributed by atoms with Gasteiger partial charge in [-0.3, -0.25) is 14.5 Å². The van der Waals surface area contributed by atoms with E-state index in [-0.39, 0.29) is 11.7 Å². The van der Waals surface area contributed by atoms with E-state index in [4.69, 9.17) is 0 Å². The molecule has 0 aromatic heterocycles. The molecule has 108 valence electrons. The van der Waals surface area contributed by atoms with Crippen molar-refractivity contribution in [3.05, 3.63) is 35.4 Å². The van der Waals surface area contributed by atoms with E-state index in [1.54, 1.807) is 0 Å². The summed E-state index contributed by atoms with van der Waals surface area (Å²) in [4.78, 5) is 25.5. The third kappa shape index (κ3) is 3.90. The summed E-state index contributed by atoms with van der Waals surface area (Å²) in [5, 5.41) is 2.82. The van der Waals surface area contributed by atoms with E-state index in [0.717, 1.165) is 12.1 Å². The Balaban J connectivity index is 1.95. The van der Waals surface area contributed by atoms with Gasteiger partial charge in [0, 0.05) is 31.6 Å². The fourth-order valence-electron chi connectivity index (χ4n) is 2.32. The summed E-state index contributed by atoms with van der Waals surface area (Å²) in [6.07, 6.45) is 0.472. The Kier molecular flexibility index (Phi) is 4.90. The number of carbonyl (C=O) groups excluding carboxylic acids is 2. The van der Waals surface area contributed by atoms with E-state index < -0.39 is 0 Å². The van der Waals surface area contributed by atoms with Gasteiger partial charge in [0.15, 0.2) is 5.78 Å². The van der Waals surface area contributed by atoms with Crippen LogP contribution in [0.5, 0.6) is 0 Å². The number of nitrogens with one attached hydrogen (secondary N) is 1. The van der Waals surface area contributed by atoms with Crippen LogP contribution in [0.25, 0.3) is 0 Å². The topological polar surface area (TPSA) is 49.4 Å². The molecular formula is C16H22N2O2. The molecule has 0 spiro atoms. The number of rotatable bonds is 4. The summed E-state index contributed by atoms with van der Waals surface area (Å²) >= 11 is 0. The number of benzene rings is 1. The Hall–Kier alpha value is -1.68. The molecule has 2 rings (SSSR count). The summed E-state index contributed by atoms with van der Waals surface area (Å²) in [7, 11) is 0. The highest BCUT2D eigenvalue weighted by Crippen LogP contribution is 2.15. The molecule has 4 nitrogen and oxygen atoms in total. The minimum atomic E-state index is 0.0706. The second kappa shape index (κ2) is 6.66. The molecule has 0 aliphatic carbocycles. The standard InChI is InChI=1S/C16H22N2O2/c1-12(2)13-3-5-14(6-4-13)15(19)11-18-9-7-16(20)17-8-10-18/h3-6,12H,7-11H2,1-2H3,(H,17,20). The lowest BCUT2D eigenvalue weighted by molar-refractivity contribution is -0.120. The first-order valence-electron chi connectivity index (χ1n) is 7.18. The van der Waals surface area contributed by atoms with Gasteiger partial charge in [0.1, 0.15) is 0 Å². The van der Waals surface area contributed by atoms with Crippen LogP contribution in [-0.2, 0) is 4.79 Å². The molecular weight excluding hydrogens is 252 g/mol. The first-order chi connectivity index (χ1) is 9.56. The highest BCUT2D eigenvalue weighted by atomic mass is 16.1. The maximum absolute atomic E-state index is 12.2. The molecule has 1 amide bonds. The van der Waals surface area contributed by atoms with Crippen LogP contribution in [0.3, 0.4) is 0 Å². The third-order valence-corrected chi connectivity index (χ3v) is 3.67. The van der Waals surface area contributed by atoms with Crippen LogP contribution in [0.2, 0.25) is 0 Å². The smallest absolute Gasteiger partial charge is 0.221 e. The molecule has 0 unspecified atom stereocenters. The molecule has 4 heteroatoms. The number of nitrogens with zero attached hydrogens (tertiary/aromatic N) is 1. The highest BCUT2D eigenvalue weighted by Gasteiger charge is 2.17. The lowest BCUT2D eigenvalue weighted by Gasteiger charge is -2.18. The molecule has 0 bridgehead atoms. The van der Waals surface area contributed by atoms with Crippen LogP contribution < -0.4 is 5.32 Å². The van der Waals surface area contributed by atoms with Crippen molar-refractivity contribution in [3.63, 3.8) is 0 Å². The van der Waals surface area contributed by atoms with Gasteiger partial charge in [-0.25, -0.2) is 0 Å². The summed E-state index contributed by atoms with van der Waals surface area (Å²) in [6.45, 7) is 6.67. The fraction of sp³-hybridized carbons (Fsp3) is 0.500. The minimum Gasteiger partial charge on any atom is -0.355 e. The molecule has 0 radical (unpaired) electrons. The predicted molar refractivity (Wildman–Crippen MR) is 78.9 cm³/mol. The van der Waals surface area contributed by atoms with Crippen molar-refractivity contribution in [1.29, 1.82) is 0 Å². The van der Waals surface area contributed by atoms with Gasteiger partial charge in [0.05, 0.1) is 6.54 Å². The third-order valence-electron chi connectivity index (χ3n) is 3.67. The minimum absolute atomic E-state index is 0.0706. The zero-order valence-corrected chi connectivity index (χ0v) is 12.2. The van der Waals surface area contributed by atoms with E-state index in [1.165, 1.54) is 5.56 Å². The van der Waals surface area contributed by atoms with E-state index in [1.807, 2.05) is 29.2 Å². The molecule has 20 heavy (non-hydrogen) atoms. The Bertz CT molecular complexity index is 480. The average molecular weight is 274 g/mol. The maximum Gasteiger partial charge on any atom is 0.221 e. The predicted octanol–water partition coefficient (Wildman–Crippen LogP) is 1.81. The van der Waals surface area contributed by atoms with Gasteiger partial charge in [-0.15, -0.1) is 0 Å². The highest BCUT2D eigenvalue weighted by molar-refractivity contribution is 5.97. The van der Waals surface area contributed by atoms with E-state index >= 15 is 0 Å². The van der Waals surface area contributed by atoms with Crippen molar-refractivity contribution < 1.29 is 9.59 Å². The van der Waals surface area contributed by atoms with Gasteiger partial charge in [-0.05, 0) is 11.5 Å². The first kappa shape index (κ1) is 14.7. The van der Waals surface area contributed by atoms with Gasteiger partial charge < -0.3 is 5.32 Å². The van der Waals surface area contributed by atoms with Gasteiger partial charge in [-0.1, -0.05) is 38.1 Å². The molecule has 1 aliphatic heterocycles. The Morgan fingerprint density at radius 2 is 1.95 bits per heavy atom. The Morgan fingerprint density at radius 1 is 1.25 bits per heavy atom. The van der Waals surface area contributed by atoms with Crippen molar-refractivity contribution >= 4 is 11.7 Å². The molecule has 1 heterocycles. The number of carbonyl (C=O) groups is 2. The fourth-order valence-corrected chi connectivity index (χ4v) is 2.32. The molecule has 1 fully saturated rings. The Labute approximate surface area is 120 Å². The van der Waals surface area contributed by atoms with Crippen LogP contribution >= 0.6 is 0 Å². The van der Waals surface area contributed by atoms with E-state index in [0.29, 0.717) is 32.0 Å². The molecule has 1 aliphatic rings. The van der Waals surface area contributed by atoms with Crippen LogP contribution in [0, 0.1) is 0 Å². The summed E-state index contributed by atoms with van der Waals surface area (Å²) in [5.41, 5.74) is 1.99. The lowest BCUT2D eigenvalue weighted by atomic mass is 10.0. The number of Topliss-reactive ketones (excluding diaryl/α,β-unsaturated/α-hetero) is 1. The molecule has 1 N–H and O–H groups in total. The molecule has 1 saturated heterocycles. The quantitative estimate of drug-likeness (QED) is 0.852. The van der Waals surface area contributed by atoms with Crippen LogP contribution in [-0.4, -0.2) is 42.8 Å². The number of ketones is 1. The molecule has 1 aromatic rings. The second-order valence-corrected chi connectivity index (χ2v) is 5.58. The van der Waals surface area contributed by atoms with Crippen molar-refractivity contribution in [1.82, 2.24) is 10.2 Å². The zero-order chi connectivity index (χ0) is 14.5. The van der Waals surface area contributed by atoms with E-state index in [9.17, 15) is 9.59 Å². The summed E-state index contributed by atoms with van der Waals surface area (Å²) < 4.78 is 0. The van der Waals surface area contributed by atoms with Gasteiger partial charge >= 0.3 is 0 Å². The maximum atomic E-state index is 12.2. The van der Waals surface area contributed by atoms with Gasteiger partial charge in [0.2, 0.25) is 5.91 Å². The van der Waals surface area contributed by atoms with Crippen molar-refractivity contribution in [2.75, 3.05) is 26.2 Å². The first-order valence-corrected chi connectivity index (χ1v) is 7.18. The summed E-state index contributed by atoms with van der Waals surface area (Å²) in [5.74, 6) is 0.665. The molecule has 0 atom stereocenters. The second-order valence-electron chi connectivity index (χ2n) is 5.58. The summed E-state index contributed by atoms with van der Waals surface area (Å²) in [6, 6.07) is 7.84. The van der Waals surface area contributed by atoms with Crippen molar-refractivity contribution in [2.24, 2.45) is 0 Å². The van der Waals surface area contributed by atoms with Crippen LogP contribution in [0.1, 0.15) is 42.1 Å². The van der Waals surface area contributed by atoms with Crippen molar-refractivity contribution in [2.45, 2.75) is 26.2 Å². The van der Waals surface area contributed by atoms with Crippen LogP contribution in [0.4, 0.5) is 0 Å². The number of amides is 1. The molecule has 1 aromatic carbocycles. The lowest BCUT2D eigenvalue weighted by Crippen LogP contribution is -2.33. The zero-order valence-electron chi connectivity index (χ0n) is 12.2. The number of hydrogen-bond donors (Lipinski definition) is 1. The van der Waals surface area contributed by atoms with Crippen LogP contribution in [0.15, 0.2) is 24.3 Å². The average Bonchev–Trinajstić information content (AvgIpc) is 2.64. The largest absolute Gasteiger partial charge is 0.355 e.